The van der Waals surface area contributed by atoms with E-state index in [9.17, 15) is 19.2 Å². The minimum atomic E-state index is -1.09. The predicted octanol–water partition coefficient (Wildman–Crippen LogP) is 14.7. The van der Waals surface area contributed by atoms with E-state index in [0.717, 1.165) is 0 Å². The molecule has 0 bridgehead atoms. The first-order valence-corrected chi connectivity index (χ1v) is 15.7. The number of rotatable bonds is 3. The van der Waals surface area contributed by atoms with E-state index < -0.39 is 284 Å². The zero-order valence-corrected chi connectivity index (χ0v) is 26.4. The second kappa shape index (κ2) is 11.2. The van der Waals surface area contributed by atoms with Gasteiger partial charge in [-0.2, -0.15) is 0 Å². The summed E-state index contributed by atoms with van der Waals surface area (Å²) in [4.78, 5) is 0. The zero-order chi connectivity index (χ0) is 59.6. The maximum atomic E-state index is 10.1. The van der Waals surface area contributed by atoms with Crippen molar-refractivity contribution in [1.29, 1.82) is 0 Å². The summed E-state index contributed by atoms with van der Waals surface area (Å²) in [5.74, 6) is 0. The van der Waals surface area contributed by atoms with E-state index >= 15 is 0 Å². The van der Waals surface area contributed by atoms with Crippen LogP contribution in [0.1, 0.15) is 45.3 Å². The molecular formula is C51H32O. The molecule has 52 heavy (non-hydrogen) atoms. The Hall–Kier alpha value is -6.70. The summed E-state index contributed by atoms with van der Waals surface area (Å²) in [7, 11) is 0. The quantitative estimate of drug-likeness (QED) is 0.133. The highest BCUT2D eigenvalue weighted by Crippen LogP contribution is 2.48. The summed E-state index contributed by atoms with van der Waals surface area (Å²) < 4.78 is 272. The Kier molecular flexibility index (Phi) is 2.68. The SMILES string of the molecule is [2H]c1c([2H])c(-c2c3c([2H])c([2H])c([2H])c([2H])c3c(-c3c([2H])c([2H])c([2H])c4oc5c([2H])c6c([2H])c([2H])c([2H])c([2H])c6c([2H])c5c34)c3c([2H])c([2H])c(C)c([2H])c23)c([2H])c(-c2c([2H])c([2H])c([2H])c3c2c([2H])c([2H])c2c([2H])c([2H])c([2H])c([2H])c23)c1[2H]. The summed E-state index contributed by atoms with van der Waals surface area (Å²) >= 11 is 0. The molecule has 1 nitrogen and oxygen atoms in total. The van der Waals surface area contributed by atoms with Crippen LogP contribution in [-0.2, 0) is 0 Å². The van der Waals surface area contributed by atoms with Gasteiger partial charge in [0, 0.05) is 10.8 Å². The summed E-state index contributed by atoms with van der Waals surface area (Å²) in [6, 6.07) is -25.8. The van der Waals surface area contributed by atoms with Gasteiger partial charge >= 0.3 is 0 Å². The first-order valence-electron chi connectivity index (χ1n) is 30.2. The molecule has 0 amide bonds. The first-order chi connectivity index (χ1) is 37.8. The minimum absolute atomic E-state index is 0.301. The molecule has 0 fully saturated rings. The lowest BCUT2D eigenvalue weighted by atomic mass is 9.84. The van der Waals surface area contributed by atoms with E-state index in [-0.39, 0.29) is 5.56 Å². The largest absolute Gasteiger partial charge is 0.456 e. The molecule has 0 N–H and O–H groups in total. The van der Waals surface area contributed by atoms with Crippen molar-refractivity contribution in [2.75, 3.05) is 0 Å². The van der Waals surface area contributed by atoms with Gasteiger partial charge < -0.3 is 4.42 Å². The van der Waals surface area contributed by atoms with E-state index in [1.165, 1.54) is 6.92 Å². The van der Waals surface area contributed by atoms with Crippen LogP contribution in [0.15, 0.2) is 180 Å². The van der Waals surface area contributed by atoms with Gasteiger partial charge in [-0.15, -0.1) is 0 Å². The third-order valence-electron chi connectivity index (χ3n) is 8.82. The molecule has 0 unspecified atom stereocenters. The normalized spacial score (nSPS) is 19.8. The van der Waals surface area contributed by atoms with Crippen molar-refractivity contribution in [3.05, 3.63) is 181 Å². The second-order valence-corrected chi connectivity index (χ2v) is 11.8. The predicted molar refractivity (Wildman–Crippen MR) is 222 cm³/mol. The molecule has 0 radical (unpaired) electrons. The second-order valence-electron chi connectivity index (χ2n) is 11.8. The summed E-state index contributed by atoms with van der Waals surface area (Å²) in [6.45, 7) is 1.22. The van der Waals surface area contributed by atoms with Crippen molar-refractivity contribution in [2.45, 2.75) is 6.92 Å². The molecule has 11 aromatic rings. The van der Waals surface area contributed by atoms with Gasteiger partial charge in [0.2, 0.25) is 0 Å². The molecule has 0 spiro atoms. The van der Waals surface area contributed by atoms with Crippen molar-refractivity contribution in [2.24, 2.45) is 0 Å². The fourth-order valence-corrected chi connectivity index (χ4v) is 6.64. The number of furan rings is 1. The van der Waals surface area contributed by atoms with E-state index in [1.54, 1.807) is 0 Å². The molecule has 242 valence electrons. The van der Waals surface area contributed by atoms with Crippen molar-refractivity contribution >= 4 is 75.8 Å². The fourth-order valence-electron chi connectivity index (χ4n) is 6.64. The Balaban J connectivity index is 1.44. The molecule has 11 rings (SSSR count). The van der Waals surface area contributed by atoms with Gasteiger partial charge in [-0.1, -0.05) is 157 Å². The molecule has 1 heterocycles. The highest BCUT2D eigenvalue weighted by Gasteiger charge is 2.21. The van der Waals surface area contributed by atoms with E-state index in [4.69, 9.17) is 25.0 Å². The lowest BCUT2D eigenvalue weighted by molar-refractivity contribution is 0.669. The Morgan fingerprint density at radius 3 is 1.87 bits per heavy atom. The van der Waals surface area contributed by atoms with Crippen LogP contribution in [0.4, 0.5) is 0 Å². The minimum Gasteiger partial charge on any atom is -0.456 e. The molecule has 0 atom stereocenters. The highest BCUT2D eigenvalue weighted by atomic mass is 16.3. The van der Waals surface area contributed by atoms with Gasteiger partial charge in [-0.3, -0.25) is 0 Å². The molecule has 1 aromatic heterocycles. The molecule has 0 saturated heterocycles. The Morgan fingerprint density at radius 2 is 1.00 bits per heavy atom. The first kappa shape index (κ1) is 12.5. The van der Waals surface area contributed by atoms with Crippen LogP contribution >= 0.6 is 0 Å². The fraction of sp³-hybridized carbons (Fsp3) is 0.0196. The standard InChI is InChI=1S/C51H32O/c1-31-23-25-43-45(27-31)49(36-15-8-14-35(28-36)38-19-9-20-39-37-16-5-4-11-32(37)24-26-40(38)39)41-17-6-7-18-42(41)50(43)44-21-10-22-47-51(44)46-29-33-12-2-3-13-34(33)30-48(46)52-47/h2-30H,1H3/i2D,3D,4D,5D,6D,7D,8D,9D,10D,11D,12D,13D,14D,15D,16D,17D,18D,19D,20D,21D,22D,23D,24D,25D,26D,27D,28D,29D,30D. The van der Waals surface area contributed by atoms with Crippen molar-refractivity contribution in [3.63, 3.8) is 0 Å². The lowest BCUT2D eigenvalue weighted by Crippen LogP contribution is -1.92. The molecule has 0 saturated carbocycles. The maximum Gasteiger partial charge on any atom is 0.136 e. The van der Waals surface area contributed by atoms with E-state index in [0.29, 0.717) is 0 Å². The molecule has 0 aliphatic heterocycles. The summed E-state index contributed by atoms with van der Waals surface area (Å²) in [6.07, 6.45) is 0. The molecule has 1 heteroatoms. The van der Waals surface area contributed by atoms with Crippen molar-refractivity contribution < 1.29 is 44.2 Å². The van der Waals surface area contributed by atoms with Crippen LogP contribution in [0.2, 0.25) is 0 Å². The summed E-state index contributed by atoms with van der Waals surface area (Å²) in [5, 5.41) is -7.12. The number of fused-ring (bicyclic) bond motifs is 9. The number of hydrogen-bond donors (Lipinski definition) is 0. The molecule has 10 aromatic carbocycles. The van der Waals surface area contributed by atoms with Crippen LogP contribution in [0.3, 0.4) is 0 Å². The van der Waals surface area contributed by atoms with Gasteiger partial charge in [0.1, 0.15) is 11.2 Å². The lowest BCUT2D eigenvalue weighted by Gasteiger charge is -2.19. The average Bonchev–Trinajstić information content (AvgIpc) is 4.11. The smallest absolute Gasteiger partial charge is 0.136 e. The van der Waals surface area contributed by atoms with Crippen LogP contribution in [0.25, 0.3) is 109 Å². The van der Waals surface area contributed by atoms with E-state index in [2.05, 4.69) is 0 Å². The monoisotopic (exact) mass is 689 g/mol. The Morgan fingerprint density at radius 1 is 0.365 bits per heavy atom. The molecule has 0 aliphatic rings. The van der Waals surface area contributed by atoms with Crippen LogP contribution in [-0.4, -0.2) is 0 Å². The van der Waals surface area contributed by atoms with Gasteiger partial charge in [0.05, 0.1) is 39.8 Å². The zero-order valence-electron chi connectivity index (χ0n) is 55.4. The van der Waals surface area contributed by atoms with Crippen LogP contribution in [0, 0.1) is 6.92 Å². The third kappa shape index (κ3) is 4.30. The average molecular weight is 690 g/mol. The van der Waals surface area contributed by atoms with Crippen LogP contribution < -0.4 is 0 Å². The third-order valence-corrected chi connectivity index (χ3v) is 8.82. The van der Waals surface area contributed by atoms with E-state index in [1.807, 2.05) is 0 Å². The van der Waals surface area contributed by atoms with Crippen molar-refractivity contribution in [1.82, 2.24) is 0 Å². The maximum absolute atomic E-state index is 10.1. The Labute approximate surface area is 341 Å². The van der Waals surface area contributed by atoms with Crippen molar-refractivity contribution in [3.8, 4) is 33.4 Å². The Bertz CT molecular complexity index is 4840. The van der Waals surface area contributed by atoms with Gasteiger partial charge in [0.25, 0.3) is 0 Å². The topological polar surface area (TPSA) is 13.1 Å². The summed E-state index contributed by atoms with van der Waals surface area (Å²) in [5.41, 5.74) is -6.09. The number of benzene rings is 10. The highest BCUT2D eigenvalue weighted by molar-refractivity contribution is 6.26. The van der Waals surface area contributed by atoms with Gasteiger partial charge in [0.15, 0.2) is 0 Å². The molecular weight excluding hydrogens is 629 g/mol. The van der Waals surface area contributed by atoms with Gasteiger partial charge in [-0.25, -0.2) is 0 Å². The van der Waals surface area contributed by atoms with Gasteiger partial charge in [-0.05, 0) is 118 Å². The number of hydrogen-bond acceptors (Lipinski definition) is 1. The van der Waals surface area contributed by atoms with Crippen LogP contribution in [0.5, 0.6) is 0 Å². The molecule has 0 aliphatic carbocycles.